The minimum atomic E-state index is -0.407. The third kappa shape index (κ3) is 3.83. The van der Waals surface area contributed by atoms with Crippen LogP contribution in [0.25, 0.3) is 0 Å². The maximum Gasteiger partial charge on any atom is 0.207 e. The highest BCUT2D eigenvalue weighted by Crippen LogP contribution is 1.97. The van der Waals surface area contributed by atoms with Gasteiger partial charge in [-0.2, -0.15) is 0 Å². The van der Waals surface area contributed by atoms with E-state index in [1.807, 2.05) is 6.92 Å². The zero-order valence-corrected chi connectivity index (χ0v) is 5.96. The summed E-state index contributed by atoms with van der Waals surface area (Å²) in [6.45, 7) is 5.42. The van der Waals surface area contributed by atoms with Gasteiger partial charge in [-0.3, -0.25) is 4.79 Å². The van der Waals surface area contributed by atoms with E-state index in [9.17, 15) is 9.59 Å². The van der Waals surface area contributed by atoms with E-state index in [1.165, 1.54) is 0 Å². The van der Waals surface area contributed by atoms with Gasteiger partial charge in [0, 0.05) is 0 Å². The first-order chi connectivity index (χ1) is 4.70. The molecule has 10 heavy (non-hydrogen) atoms. The molecule has 0 saturated carbocycles. The van der Waals surface area contributed by atoms with Crippen LogP contribution in [0.3, 0.4) is 0 Å². The third-order valence-electron chi connectivity index (χ3n) is 1.01. The molecule has 0 aromatic carbocycles. The predicted molar refractivity (Wildman–Crippen MR) is 38.5 cm³/mol. The maximum absolute atomic E-state index is 10.2. The molecule has 3 heteroatoms. The highest BCUT2D eigenvalue weighted by molar-refractivity contribution is 5.63. The Morgan fingerprint density at radius 3 is 2.60 bits per heavy atom. The van der Waals surface area contributed by atoms with Crippen LogP contribution < -0.4 is 5.32 Å². The number of carbonyl (C=O) groups is 2. The summed E-state index contributed by atoms with van der Waals surface area (Å²) in [5.41, 5.74) is 0.881. The van der Waals surface area contributed by atoms with Gasteiger partial charge < -0.3 is 10.1 Å². The van der Waals surface area contributed by atoms with Crippen LogP contribution in [0.4, 0.5) is 0 Å². The lowest BCUT2D eigenvalue weighted by Crippen LogP contribution is -2.29. The first-order valence-corrected chi connectivity index (χ1v) is 3.00. The van der Waals surface area contributed by atoms with Crippen LogP contribution in [0, 0.1) is 0 Å². The van der Waals surface area contributed by atoms with Crippen molar-refractivity contribution >= 4 is 12.7 Å². The Morgan fingerprint density at radius 2 is 2.30 bits per heavy atom. The fourth-order valence-corrected chi connectivity index (χ4v) is 0.609. The van der Waals surface area contributed by atoms with E-state index >= 15 is 0 Å². The highest BCUT2D eigenvalue weighted by Gasteiger charge is 2.03. The second-order valence-corrected chi connectivity index (χ2v) is 2.19. The zero-order chi connectivity index (χ0) is 7.98. The van der Waals surface area contributed by atoms with Gasteiger partial charge in [0.2, 0.25) is 6.41 Å². The summed E-state index contributed by atoms with van der Waals surface area (Å²) >= 11 is 0. The van der Waals surface area contributed by atoms with Crippen LogP contribution in [-0.2, 0) is 9.59 Å². The van der Waals surface area contributed by atoms with E-state index in [-0.39, 0.29) is 0 Å². The van der Waals surface area contributed by atoms with Gasteiger partial charge >= 0.3 is 0 Å². The predicted octanol–water partition coefficient (Wildman–Crippen LogP) is 0.266. The second-order valence-electron chi connectivity index (χ2n) is 2.19. The molecule has 0 radical (unpaired) electrons. The third-order valence-corrected chi connectivity index (χ3v) is 1.01. The Labute approximate surface area is 60.1 Å². The molecule has 0 saturated heterocycles. The van der Waals surface area contributed by atoms with Crippen LogP contribution in [-0.4, -0.2) is 18.7 Å². The van der Waals surface area contributed by atoms with Crippen LogP contribution in [0.1, 0.15) is 13.3 Å². The molecule has 0 bridgehead atoms. The number of aldehydes is 1. The van der Waals surface area contributed by atoms with E-state index in [1.54, 1.807) is 0 Å². The molecule has 0 fully saturated rings. The summed E-state index contributed by atoms with van der Waals surface area (Å²) < 4.78 is 0. The van der Waals surface area contributed by atoms with Crippen molar-refractivity contribution in [3.63, 3.8) is 0 Å². The lowest BCUT2D eigenvalue weighted by atomic mass is 10.1. The Bertz CT molecular complexity index is 143. The van der Waals surface area contributed by atoms with Gasteiger partial charge in [-0.15, -0.1) is 6.58 Å². The quantitative estimate of drug-likeness (QED) is 0.441. The minimum Gasteiger partial charge on any atom is -0.349 e. The van der Waals surface area contributed by atoms with Crippen molar-refractivity contribution < 1.29 is 9.59 Å². The van der Waals surface area contributed by atoms with E-state index in [4.69, 9.17) is 0 Å². The molecule has 0 aromatic rings. The summed E-state index contributed by atoms with van der Waals surface area (Å²) in [5, 5.41) is 2.35. The number of hydrogen-bond acceptors (Lipinski definition) is 2. The Kier molecular flexibility index (Phi) is 4.20. The van der Waals surface area contributed by atoms with Crippen molar-refractivity contribution in [1.82, 2.24) is 5.32 Å². The van der Waals surface area contributed by atoms with Crippen LogP contribution in [0.5, 0.6) is 0 Å². The molecule has 0 heterocycles. The fraction of sp³-hybridized carbons (Fsp3) is 0.429. The summed E-state index contributed by atoms with van der Waals surface area (Å²) in [7, 11) is 0. The molecular formula is C7H11NO2. The molecule has 56 valence electrons. The van der Waals surface area contributed by atoms with Gasteiger partial charge in [0.05, 0.1) is 6.04 Å². The molecule has 3 nitrogen and oxygen atoms in total. The van der Waals surface area contributed by atoms with E-state index < -0.39 is 6.04 Å². The first kappa shape index (κ1) is 8.88. The highest BCUT2D eigenvalue weighted by atomic mass is 16.1. The molecule has 0 aliphatic rings. The molecular weight excluding hydrogens is 130 g/mol. The van der Waals surface area contributed by atoms with Crippen molar-refractivity contribution in [2.24, 2.45) is 0 Å². The van der Waals surface area contributed by atoms with Crippen LogP contribution in [0.15, 0.2) is 12.2 Å². The largest absolute Gasteiger partial charge is 0.349 e. The second kappa shape index (κ2) is 4.73. The van der Waals surface area contributed by atoms with Gasteiger partial charge in [-0.25, -0.2) is 0 Å². The number of nitrogens with one attached hydrogen (secondary N) is 1. The molecule has 0 aromatic heterocycles. The summed E-state index contributed by atoms with van der Waals surface area (Å²) in [5.74, 6) is 0. The molecule has 0 aliphatic heterocycles. The zero-order valence-electron chi connectivity index (χ0n) is 5.96. The first-order valence-electron chi connectivity index (χ1n) is 3.00. The van der Waals surface area contributed by atoms with Crippen LogP contribution in [0.2, 0.25) is 0 Å². The molecule has 0 spiro atoms. The topological polar surface area (TPSA) is 46.2 Å². The molecule has 0 rings (SSSR count). The van der Waals surface area contributed by atoms with Crippen molar-refractivity contribution in [3.05, 3.63) is 12.2 Å². The normalized spacial score (nSPS) is 11.7. The average molecular weight is 141 g/mol. The lowest BCUT2D eigenvalue weighted by molar-refractivity contribution is -0.115. The average Bonchev–Trinajstić information content (AvgIpc) is 1.86. The molecule has 1 atom stereocenters. The van der Waals surface area contributed by atoms with Crippen molar-refractivity contribution in [2.75, 3.05) is 0 Å². The SMILES string of the molecule is C=C(C)C[C@@H](C=O)NC=O. The summed E-state index contributed by atoms with van der Waals surface area (Å²) in [4.78, 5) is 20.0. The van der Waals surface area contributed by atoms with E-state index in [2.05, 4.69) is 11.9 Å². The monoisotopic (exact) mass is 141 g/mol. The fourth-order valence-electron chi connectivity index (χ4n) is 0.609. The van der Waals surface area contributed by atoms with Gasteiger partial charge in [0.1, 0.15) is 6.29 Å². The number of amides is 1. The Hall–Kier alpha value is -1.12. The van der Waals surface area contributed by atoms with Crippen molar-refractivity contribution in [1.29, 1.82) is 0 Å². The summed E-state index contributed by atoms with van der Waals surface area (Å²) in [6, 6.07) is -0.407. The molecule has 1 amide bonds. The molecule has 0 unspecified atom stereocenters. The Balaban J connectivity index is 3.70. The van der Waals surface area contributed by atoms with Crippen LogP contribution >= 0.6 is 0 Å². The lowest BCUT2D eigenvalue weighted by Gasteiger charge is -2.06. The van der Waals surface area contributed by atoms with Gasteiger partial charge in [0.25, 0.3) is 0 Å². The van der Waals surface area contributed by atoms with E-state index in [0.29, 0.717) is 19.1 Å². The standard InChI is InChI=1S/C7H11NO2/c1-6(2)3-7(4-9)8-5-10/h4-5,7H,1,3H2,2H3,(H,8,10)/t7-/m0/s1. The molecule has 1 N–H and O–H groups in total. The number of carbonyl (C=O) groups excluding carboxylic acids is 2. The number of hydrogen-bond donors (Lipinski definition) is 1. The van der Waals surface area contributed by atoms with Gasteiger partial charge in [-0.05, 0) is 13.3 Å². The minimum absolute atomic E-state index is 0.407. The van der Waals surface area contributed by atoms with E-state index in [0.717, 1.165) is 5.57 Å². The van der Waals surface area contributed by atoms with Gasteiger partial charge in [0.15, 0.2) is 0 Å². The van der Waals surface area contributed by atoms with Crippen molar-refractivity contribution in [2.45, 2.75) is 19.4 Å². The maximum atomic E-state index is 10.2. The van der Waals surface area contributed by atoms with Gasteiger partial charge in [-0.1, -0.05) is 5.57 Å². The Morgan fingerprint density at radius 1 is 1.70 bits per heavy atom. The smallest absolute Gasteiger partial charge is 0.207 e. The van der Waals surface area contributed by atoms with Crippen molar-refractivity contribution in [3.8, 4) is 0 Å². The summed E-state index contributed by atoms with van der Waals surface area (Å²) in [6.07, 6.45) is 1.73. The number of rotatable bonds is 5. The molecule has 0 aliphatic carbocycles.